The highest BCUT2D eigenvalue weighted by molar-refractivity contribution is 7.85. The van der Waals surface area contributed by atoms with Crippen molar-refractivity contribution < 1.29 is 22.9 Å². The number of allylic oxidation sites excluding steroid dienone is 1. The summed E-state index contributed by atoms with van der Waals surface area (Å²) in [6.07, 6.45) is 2.32. The van der Waals surface area contributed by atoms with Gasteiger partial charge in [-0.1, -0.05) is 13.0 Å². The van der Waals surface area contributed by atoms with Gasteiger partial charge in [0.05, 0.1) is 6.10 Å². The number of carbonyl (C=O) groups is 1. The second kappa shape index (κ2) is 6.54. The molecule has 0 heterocycles. The Morgan fingerprint density at radius 1 is 1.53 bits per heavy atom. The smallest absolute Gasteiger partial charge is 0.267 e. The molecule has 0 aromatic heterocycles. The summed E-state index contributed by atoms with van der Waals surface area (Å²) in [7, 11) is -4.21. The first-order valence-electron chi connectivity index (χ1n) is 4.42. The van der Waals surface area contributed by atoms with Gasteiger partial charge >= 0.3 is 0 Å². The van der Waals surface area contributed by atoms with Crippen LogP contribution >= 0.6 is 0 Å². The van der Waals surface area contributed by atoms with Gasteiger partial charge in [-0.2, -0.15) is 8.42 Å². The SMILES string of the molecule is CCC=CC(=O)NCC(O)CS(=O)(=O)O. The molecule has 0 radical (unpaired) electrons. The molecule has 7 heteroatoms. The largest absolute Gasteiger partial charge is 0.390 e. The third-order valence-electron chi connectivity index (χ3n) is 1.42. The Morgan fingerprint density at radius 2 is 2.13 bits per heavy atom. The lowest BCUT2D eigenvalue weighted by Crippen LogP contribution is -2.35. The van der Waals surface area contributed by atoms with E-state index < -0.39 is 27.9 Å². The second-order valence-electron chi connectivity index (χ2n) is 2.96. The highest BCUT2D eigenvalue weighted by atomic mass is 32.2. The quantitative estimate of drug-likeness (QED) is 0.419. The predicted molar refractivity (Wildman–Crippen MR) is 54.9 cm³/mol. The molecule has 88 valence electrons. The number of hydrogen-bond acceptors (Lipinski definition) is 4. The molecule has 0 aromatic carbocycles. The molecule has 0 aliphatic rings. The van der Waals surface area contributed by atoms with E-state index in [0.717, 1.165) is 0 Å². The lowest BCUT2D eigenvalue weighted by Gasteiger charge is -2.08. The first kappa shape index (κ1) is 14.1. The van der Waals surface area contributed by atoms with Crippen molar-refractivity contribution in [2.75, 3.05) is 12.3 Å². The van der Waals surface area contributed by atoms with Gasteiger partial charge in [0, 0.05) is 6.54 Å². The number of amides is 1. The summed E-state index contributed by atoms with van der Waals surface area (Å²) in [5, 5.41) is 11.4. The van der Waals surface area contributed by atoms with Crippen molar-refractivity contribution in [3.05, 3.63) is 12.2 Å². The van der Waals surface area contributed by atoms with Gasteiger partial charge in [0.25, 0.3) is 10.1 Å². The fourth-order valence-corrected chi connectivity index (χ4v) is 1.41. The summed E-state index contributed by atoms with van der Waals surface area (Å²) >= 11 is 0. The highest BCUT2D eigenvalue weighted by Gasteiger charge is 2.14. The number of aliphatic hydroxyl groups is 1. The van der Waals surface area contributed by atoms with E-state index in [2.05, 4.69) is 5.32 Å². The monoisotopic (exact) mass is 237 g/mol. The fourth-order valence-electron chi connectivity index (χ4n) is 0.804. The van der Waals surface area contributed by atoms with E-state index in [9.17, 15) is 13.2 Å². The standard InChI is InChI=1S/C8H15NO5S/c1-2-3-4-8(11)9-5-7(10)6-15(12,13)14/h3-4,7,10H,2,5-6H2,1H3,(H,9,11)(H,12,13,14). The maximum Gasteiger partial charge on any atom is 0.267 e. The zero-order chi connectivity index (χ0) is 11.9. The van der Waals surface area contributed by atoms with E-state index in [0.29, 0.717) is 6.42 Å². The topological polar surface area (TPSA) is 104 Å². The summed E-state index contributed by atoms with van der Waals surface area (Å²) in [4.78, 5) is 11.0. The molecule has 1 unspecified atom stereocenters. The van der Waals surface area contributed by atoms with Crippen LogP contribution in [0.4, 0.5) is 0 Å². The van der Waals surface area contributed by atoms with Crippen LogP contribution in [0.2, 0.25) is 0 Å². The van der Waals surface area contributed by atoms with E-state index in [1.165, 1.54) is 6.08 Å². The minimum absolute atomic E-state index is 0.216. The van der Waals surface area contributed by atoms with Crippen LogP contribution in [-0.2, 0) is 14.9 Å². The Kier molecular flexibility index (Phi) is 6.14. The van der Waals surface area contributed by atoms with Gasteiger partial charge < -0.3 is 10.4 Å². The van der Waals surface area contributed by atoms with E-state index in [4.69, 9.17) is 9.66 Å². The van der Waals surface area contributed by atoms with Gasteiger partial charge in [0.15, 0.2) is 0 Å². The fraction of sp³-hybridized carbons (Fsp3) is 0.625. The molecular weight excluding hydrogens is 222 g/mol. The average molecular weight is 237 g/mol. The van der Waals surface area contributed by atoms with Crippen molar-refractivity contribution in [3.8, 4) is 0 Å². The molecule has 0 saturated carbocycles. The lowest BCUT2D eigenvalue weighted by molar-refractivity contribution is -0.116. The Balaban J connectivity index is 3.86. The van der Waals surface area contributed by atoms with Crippen molar-refractivity contribution in [1.82, 2.24) is 5.32 Å². The molecule has 0 aliphatic heterocycles. The molecule has 1 atom stereocenters. The van der Waals surface area contributed by atoms with Crippen molar-refractivity contribution in [1.29, 1.82) is 0 Å². The lowest BCUT2D eigenvalue weighted by atomic mass is 10.3. The van der Waals surface area contributed by atoms with Crippen LogP contribution in [0, 0.1) is 0 Å². The Bertz CT molecular complexity index is 322. The Labute approximate surface area is 88.7 Å². The zero-order valence-electron chi connectivity index (χ0n) is 8.38. The van der Waals surface area contributed by atoms with Crippen LogP contribution in [0.3, 0.4) is 0 Å². The number of hydrogen-bond donors (Lipinski definition) is 3. The van der Waals surface area contributed by atoms with Gasteiger partial charge in [-0.3, -0.25) is 9.35 Å². The van der Waals surface area contributed by atoms with Gasteiger partial charge in [0.2, 0.25) is 5.91 Å². The van der Waals surface area contributed by atoms with Gasteiger partial charge in [-0.15, -0.1) is 0 Å². The molecule has 0 aliphatic carbocycles. The molecule has 0 fully saturated rings. The summed E-state index contributed by atoms with van der Waals surface area (Å²) < 4.78 is 29.0. The van der Waals surface area contributed by atoms with Crippen LogP contribution in [0.15, 0.2) is 12.2 Å². The van der Waals surface area contributed by atoms with E-state index >= 15 is 0 Å². The third kappa shape index (κ3) is 9.39. The van der Waals surface area contributed by atoms with Crippen LogP contribution in [-0.4, -0.2) is 42.4 Å². The number of nitrogens with one attached hydrogen (secondary N) is 1. The van der Waals surface area contributed by atoms with E-state index in [-0.39, 0.29) is 6.54 Å². The number of rotatable bonds is 6. The molecule has 1 amide bonds. The van der Waals surface area contributed by atoms with Crippen molar-refractivity contribution >= 4 is 16.0 Å². The van der Waals surface area contributed by atoms with Gasteiger partial charge in [0.1, 0.15) is 5.75 Å². The Morgan fingerprint density at radius 3 is 2.60 bits per heavy atom. The third-order valence-corrected chi connectivity index (χ3v) is 2.23. The Hall–Kier alpha value is -0.920. The van der Waals surface area contributed by atoms with E-state index in [1.807, 2.05) is 6.92 Å². The predicted octanol–water partition coefficient (Wildman–Crippen LogP) is -0.682. The van der Waals surface area contributed by atoms with E-state index in [1.54, 1.807) is 6.08 Å². The highest BCUT2D eigenvalue weighted by Crippen LogP contribution is 1.89. The molecule has 15 heavy (non-hydrogen) atoms. The molecule has 0 aromatic rings. The number of carbonyl (C=O) groups excluding carboxylic acids is 1. The normalized spacial score (nSPS) is 14.1. The van der Waals surface area contributed by atoms with Gasteiger partial charge in [-0.05, 0) is 12.5 Å². The van der Waals surface area contributed by atoms with Crippen molar-refractivity contribution in [3.63, 3.8) is 0 Å². The minimum Gasteiger partial charge on any atom is -0.390 e. The second-order valence-corrected chi connectivity index (χ2v) is 4.46. The maximum atomic E-state index is 11.0. The summed E-state index contributed by atoms with van der Waals surface area (Å²) in [6.45, 7) is 1.64. The summed E-state index contributed by atoms with van der Waals surface area (Å²) in [5.74, 6) is -1.20. The van der Waals surface area contributed by atoms with Crippen LogP contribution in [0.25, 0.3) is 0 Å². The zero-order valence-corrected chi connectivity index (χ0v) is 9.20. The van der Waals surface area contributed by atoms with Crippen LogP contribution in [0.1, 0.15) is 13.3 Å². The molecule has 3 N–H and O–H groups in total. The van der Waals surface area contributed by atoms with Crippen LogP contribution in [0.5, 0.6) is 0 Å². The molecule has 6 nitrogen and oxygen atoms in total. The summed E-state index contributed by atoms with van der Waals surface area (Å²) in [5.41, 5.74) is 0. The summed E-state index contributed by atoms with van der Waals surface area (Å²) in [6, 6.07) is 0. The minimum atomic E-state index is -4.21. The maximum absolute atomic E-state index is 11.0. The van der Waals surface area contributed by atoms with Crippen molar-refractivity contribution in [2.45, 2.75) is 19.4 Å². The molecule has 0 rings (SSSR count). The molecule has 0 spiro atoms. The average Bonchev–Trinajstić information content (AvgIpc) is 2.08. The molecule has 0 saturated heterocycles. The first-order chi connectivity index (χ1) is 6.85. The van der Waals surface area contributed by atoms with Gasteiger partial charge in [-0.25, -0.2) is 0 Å². The molecule has 0 bridgehead atoms. The first-order valence-corrected chi connectivity index (χ1v) is 6.03. The molecular formula is C8H15NO5S. The van der Waals surface area contributed by atoms with Crippen LogP contribution < -0.4 is 5.32 Å². The van der Waals surface area contributed by atoms with Crippen molar-refractivity contribution in [2.24, 2.45) is 0 Å². The number of aliphatic hydroxyl groups excluding tert-OH is 1.